The lowest BCUT2D eigenvalue weighted by molar-refractivity contribution is -0.119. The van der Waals surface area contributed by atoms with Gasteiger partial charge in [-0.2, -0.15) is 0 Å². The molecule has 0 aromatic carbocycles. The summed E-state index contributed by atoms with van der Waals surface area (Å²) >= 11 is 0. The number of unbranched alkanes of at least 4 members (excludes halogenated alkanes) is 30. The highest BCUT2D eigenvalue weighted by Gasteiger charge is 1.97. The fourth-order valence-corrected chi connectivity index (χ4v) is 6.15. The van der Waals surface area contributed by atoms with E-state index < -0.39 is 0 Å². The normalized spacial score (nSPS) is 11.4. The summed E-state index contributed by atoms with van der Waals surface area (Å²) in [6.45, 7) is 4.55. The lowest BCUT2D eigenvalue weighted by Crippen LogP contribution is -2.09. The van der Waals surface area contributed by atoms with Crippen molar-refractivity contribution in [3.05, 3.63) is 24.3 Å². The quantitative estimate of drug-likeness (QED) is 0.0504. The Balaban J connectivity index is 0. The summed E-state index contributed by atoms with van der Waals surface area (Å²) in [4.78, 5) is 21.2. The highest BCUT2D eigenvalue weighted by Crippen LogP contribution is 2.14. The van der Waals surface area contributed by atoms with Gasteiger partial charge in [0.25, 0.3) is 0 Å². The number of carbonyl (C=O) groups excluding carboxylic acids is 2. The Hall–Kier alpha value is -1.58. The van der Waals surface area contributed by atoms with Crippen molar-refractivity contribution in [2.24, 2.45) is 11.5 Å². The largest absolute Gasteiger partial charge is 0.370 e. The first-order valence-corrected chi connectivity index (χ1v) is 21.4. The van der Waals surface area contributed by atoms with Crippen LogP contribution in [0.1, 0.15) is 245 Å². The fourth-order valence-electron chi connectivity index (χ4n) is 6.15. The molecule has 0 rings (SSSR count). The van der Waals surface area contributed by atoms with E-state index in [1.54, 1.807) is 0 Å². The van der Waals surface area contributed by atoms with Crippen LogP contribution in [0.5, 0.6) is 0 Å². The predicted octanol–water partition coefficient (Wildman–Crippen LogP) is 14.1. The number of nitrogens with two attached hydrogens (primary N) is 2. The Morgan fingerprint density at radius 2 is 0.500 bits per heavy atom. The van der Waals surface area contributed by atoms with Crippen LogP contribution in [-0.2, 0) is 9.59 Å². The molecular formula is C44H86N2O2. The van der Waals surface area contributed by atoms with Gasteiger partial charge in [0.1, 0.15) is 0 Å². The van der Waals surface area contributed by atoms with Crippen molar-refractivity contribution in [2.45, 2.75) is 245 Å². The molecule has 0 aromatic heterocycles. The zero-order valence-corrected chi connectivity index (χ0v) is 32.7. The monoisotopic (exact) mass is 675 g/mol. The van der Waals surface area contributed by atoms with Gasteiger partial charge in [0.2, 0.25) is 11.8 Å². The van der Waals surface area contributed by atoms with Crippen molar-refractivity contribution in [1.29, 1.82) is 0 Å². The minimum absolute atomic E-state index is 0.156. The number of primary amides is 2. The standard InChI is InChI=1S/2C22H43NO/c2*1-2-3-4-5-6-7-8-9-10-11-12-13-14-15-16-17-18-19-20-21-22(23)24/h2*9-10H,2-8,11-21H2,1H3,(H2,23,24). The summed E-state index contributed by atoms with van der Waals surface area (Å²) < 4.78 is 0. The molecule has 48 heavy (non-hydrogen) atoms. The molecule has 0 saturated carbocycles. The van der Waals surface area contributed by atoms with E-state index in [0.29, 0.717) is 12.8 Å². The predicted molar refractivity (Wildman–Crippen MR) is 214 cm³/mol. The van der Waals surface area contributed by atoms with Crippen molar-refractivity contribution < 1.29 is 9.59 Å². The summed E-state index contributed by atoms with van der Waals surface area (Å²) in [5.41, 5.74) is 10.3. The second-order valence-electron chi connectivity index (χ2n) is 14.4. The van der Waals surface area contributed by atoms with Crippen LogP contribution in [0, 0.1) is 0 Å². The molecule has 0 heterocycles. The molecule has 284 valence electrons. The van der Waals surface area contributed by atoms with Gasteiger partial charge in [-0.25, -0.2) is 0 Å². The number of carbonyl (C=O) groups is 2. The Kier molecular flexibility index (Phi) is 45.9. The van der Waals surface area contributed by atoms with Crippen molar-refractivity contribution in [1.82, 2.24) is 0 Å². The number of amides is 2. The lowest BCUT2D eigenvalue weighted by atomic mass is 10.1. The second-order valence-corrected chi connectivity index (χ2v) is 14.4. The fraction of sp³-hybridized carbons (Fsp3) is 0.864. The summed E-state index contributed by atoms with van der Waals surface area (Å²) in [6.07, 6.45) is 55.6. The number of allylic oxidation sites excluding steroid dienone is 4. The number of rotatable bonds is 38. The topological polar surface area (TPSA) is 86.2 Å². The molecule has 0 atom stereocenters. The second kappa shape index (κ2) is 45.4. The highest BCUT2D eigenvalue weighted by molar-refractivity contribution is 5.73. The molecule has 0 aliphatic heterocycles. The molecule has 0 aliphatic rings. The molecule has 0 unspecified atom stereocenters. The van der Waals surface area contributed by atoms with E-state index in [0.717, 1.165) is 25.7 Å². The molecule has 0 fully saturated rings. The van der Waals surface area contributed by atoms with Crippen LogP contribution in [-0.4, -0.2) is 11.8 Å². The summed E-state index contributed by atoms with van der Waals surface area (Å²) in [5, 5.41) is 0. The smallest absolute Gasteiger partial charge is 0.217 e. The van der Waals surface area contributed by atoms with E-state index in [1.807, 2.05) is 0 Å². The van der Waals surface area contributed by atoms with Crippen LogP contribution < -0.4 is 11.5 Å². The van der Waals surface area contributed by atoms with Crippen molar-refractivity contribution >= 4 is 11.8 Å². The molecule has 4 N–H and O–H groups in total. The maximum atomic E-state index is 10.6. The molecule has 0 radical (unpaired) electrons. The van der Waals surface area contributed by atoms with E-state index in [2.05, 4.69) is 38.2 Å². The van der Waals surface area contributed by atoms with Crippen LogP contribution in [0.25, 0.3) is 0 Å². The van der Waals surface area contributed by atoms with Crippen LogP contribution in [0.3, 0.4) is 0 Å². The van der Waals surface area contributed by atoms with Gasteiger partial charge in [-0.1, -0.05) is 192 Å². The van der Waals surface area contributed by atoms with Gasteiger partial charge >= 0.3 is 0 Å². The molecule has 0 bridgehead atoms. The number of hydrogen-bond donors (Lipinski definition) is 2. The first kappa shape index (κ1) is 48.5. The van der Waals surface area contributed by atoms with Crippen LogP contribution in [0.2, 0.25) is 0 Å². The average molecular weight is 675 g/mol. The van der Waals surface area contributed by atoms with Crippen LogP contribution in [0.4, 0.5) is 0 Å². The molecule has 0 aromatic rings. The molecule has 0 spiro atoms. The maximum Gasteiger partial charge on any atom is 0.217 e. The Morgan fingerprint density at radius 1 is 0.312 bits per heavy atom. The molecular weight excluding hydrogens is 588 g/mol. The van der Waals surface area contributed by atoms with E-state index in [-0.39, 0.29) is 11.8 Å². The molecule has 0 saturated heterocycles. The van der Waals surface area contributed by atoms with E-state index >= 15 is 0 Å². The van der Waals surface area contributed by atoms with Gasteiger partial charge in [-0.15, -0.1) is 0 Å². The van der Waals surface area contributed by atoms with Gasteiger partial charge in [-0.3, -0.25) is 9.59 Å². The molecule has 0 aliphatic carbocycles. The number of hydrogen-bond acceptors (Lipinski definition) is 2. The third-order valence-corrected chi connectivity index (χ3v) is 9.37. The minimum atomic E-state index is -0.156. The van der Waals surface area contributed by atoms with Crippen LogP contribution in [0.15, 0.2) is 24.3 Å². The summed E-state index contributed by atoms with van der Waals surface area (Å²) in [6, 6.07) is 0. The maximum absolute atomic E-state index is 10.6. The van der Waals surface area contributed by atoms with Gasteiger partial charge in [0, 0.05) is 12.8 Å². The highest BCUT2D eigenvalue weighted by atomic mass is 16.1. The zero-order chi connectivity index (χ0) is 35.4. The Bertz CT molecular complexity index is 629. The van der Waals surface area contributed by atoms with Gasteiger partial charge in [0.05, 0.1) is 0 Å². The van der Waals surface area contributed by atoms with Crippen LogP contribution >= 0.6 is 0 Å². The van der Waals surface area contributed by atoms with Crippen molar-refractivity contribution in [3.8, 4) is 0 Å². The molecule has 4 nitrogen and oxygen atoms in total. The van der Waals surface area contributed by atoms with E-state index in [1.165, 1.54) is 193 Å². The van der Waals surface area contributed by atoms with Gasteiger partial charge in [-0.05, 0) is 64.2 Å². The average Bonchev–Trinajstić information content (AvgIpc) is 3.07. The SMILES string of the molecule is CCCCCCCCC=CCCCCCCCCCCCC(N)=O.CCCCCCCCC=CCCCCCCCCCCCC(N)=O. The Morgan fingerprint density at radius 3 is 0.708 bits per heavy atom. The Labute approximate surface area is 301 Å². The minimum Gasteiger partial charge on any atom is -0.370 e. The van der Waals surface area contributed by atoms with Crippen molar-refractivity contribution in [3.63, 3.8) is 0 Å². The van der Waals surface area contributed by atoms with Crippen molar-refractivity contribution in [2.75, 3.05) is 0 Å². The molecule has 4 heteroatoms. The molecule has 2 amide bonds. The zero-order valence-electron chi connectivity index (χ0n) is 32.7. The third kappa shape index (κ3) is 51.3. The summed E-state index contributed by atoms with van der Waals surface area (Å²) in [5.74, 6) is -0.313. The van der Waals surface area contributed by atoms with Gasteiger partial charge < -0.3 is 11.5 Å². The van der Waals surface area contributed by atoms with E-state index in [4.69, 9.17) is 11.5 Å². The summed E-state index contributed by atoms with van der Waals surface area (Å²) in [7, 11) is 0. The first-order valence-electron chi connectivity index (χ1n) is 21.4. The first-order chi connectivity index (χ1) is 23.5. The van der Waals surface area contributed by atoms with E-state index in [9.17, 15) is 9.59 Å². The third-order valence-electron chi connectivity index (χ3n) is 9.37. The van der Waals surface area contributed by atoms with Gasteiger partial charge in [0.15, 0.2) is 0 Å². The lowest BCUT2D eigenvalue weighted by Gasteiger charge is -2.01.